The number of carbonyl (C=O) groups excluding carboxylic acids is 1. The molecular formula is C22H18BrN3O3. The second kappa shape index (κ2) is 8.76. The van der Waals surface area contributed by atoms with Crippen molar-refractivity contribution in [3.8, 4) is 22.9 Å². The molecule has 6 nitrogen and oxygen atoms in total. The molecule has 0 bridgehead atoms. The van der Waals surface area contributed by atoms with Crippen LogP contribution in [-0.4, -0.2) is 17.5 Å². The van der Waals surface area contributed by atoms with Gasteiger partial charge in [-0.25, -0.2) is 0 Å². The van der Waals surface area contributed by atoms with Crippen molar-refractivity contribution in [2.45, 2.75) is 13.8 Å². The molecule has 1 aromatic heterocycles. The summed E-state index contributed by atoms with van der Waals surface area (Å²) in [7, 11) is 0. The first kappa shape index (κ1) is 20.4. The van der Waals surface area contributed by atoms with Crippen molar-refractivity contribution >= 4 is 27.5 Å². The van der Waals surface area contributed by atoms with E-state index in [0.717, 1.165) is 10.0 Å². The molecule has 1 heterocycles. The van der Waals surface area contributed by atoms with E-state index in [2.05, 4.69) is 26.2 Å². The van der Waals surface area contributed by atoms with Gasteiger partial charge in [0.1, 0.15) is 17.4 Å². The van der Waals surface area contributed by atoms with Gasteiger partial charge in [-0.3, -0.25) is 9.59 Å². The molecule has 0 aliphatic carbocycles. The number of nitriles is 1. The SMILES string of the molecule is Cc1ccc(NC(=O)COc2ccc(Br)cc2-c2cc(C)[nH]c(=O)c2C#N)cc1. The Bertz CT molecular complexity index is 1160. The minimum absolute atomic E-state index is 0.0114. The molecule has 0 spiro atoms. The van der Waals surface area contributed by atoms with Gasteiger partial charge in [-0.1, -0.05) is 33.6 Å². The minimum Gasteiger partial charge on any atom is -0.483 e. The number of ether oxygens (including phenoxy) is 1. The number of nitrogens with zero attached hydrogens (tertiary/aromatic N) is 1. The van der Waals surface area contributed by atoms with Crippen molar-refractivity contribution in [1.29, 1.82) is 5.26 Å². The molecule has 146 valence electrons. The molecule has 7 heteroatoms. The van der Waals surface area contributed by atoms with Gasteiger partial charge in [0.2, 0.25) is 0 Å². The van der Waals surface area contributed by atoms with E-state index >= 15 is 0 Å². The molecule has 0 radical (unpaired) electrons. The topological polar surface area (TPSA) is 95.0 Å². The van der Waals surface area contributed by atoms with Gasteiger partial charge >= 0.3 is 0 Å². The predicted molar refractivity (Wildman–Crippen MR) is 115 cm³/mol. The van der Waals surface area contributed by atoms with Gasteiger partial charge in [0.05, 0.1) is 0 Å². The van der Waals surface area contributed by atoms with Crippen LogP contribution in [0.4, 0.5) is 5.69 Å². The highest BCUT2D eigenvalue weighted by Crippen LogP contribution is 2.34. The summed E-state index contributed by atoms with van der Waals surface area (Å²) in [5.74, 6) is 0.0825. The molecular weight excluding hydrogens is 434 g/mol. The predicted octanol–water partition coefficient (Wildman–Crippen LogP) is 4.31. The van der Waals surface area contributed by atoms with Crippen LogP contribution in [0, 0.1) is 25.2 Å². The van der Waals surface area contributed by atoms with Crippen molar-refractivity contribution in [1.82, 2.24) is 4.98 Å². The third kappa shape index (κ3) is 4.92. The number of halogens is 1. The first-order chi connectivity index (χ1) is 13.9. The molecule has 1 amide bonds. The molecule has 0 unspecified atom stereocenters. The Labute approximate surface area is 176 Å². The maximum Gasteiger partial charge on any atom is 0.266 e. The summed E-state index contributed by atoms with van der Waals surface area (Å²) in [5, 5.41) is 12.2. The summed E-state index contributed by atoms with van der Waals surface area (Å²) in [5.41, 5.74) is 2.91. The summed E-state index contributed by atoms with van der Waals surface area (Å²) in [6, 6.07) is 16.3. The van der Waals surface area contributed by atoms with Gasteiger partial charge in [0.25, 0.3) is 11.5 Å². The lowest BCUT2D eigenvalue weighted by Crippen LogP contribution is -2.20. The molecule has 29 heavy (non-hydrogen) atoms. The average molecular weight is 452 g/mol. The normalized spacial score (nSPS) is 10.3. The molecule has 2 aromatic carbocycles. The minimum atomic E-state index is -0.467. The van der Waals surface area contributed by atoms with Gasteiger partial charge in [0, 0.05) is 27.0 Å². The lowest BCUT2D eigenvalue weighted by atomic mass is 10.00. The second-order valence-corrected chi connectivity index (χ2v) is 7.44. The molecule has 0 fully saturated rings. The number of aromatic amines is 1. The third-order valence-electron chi connectivity index (χ3n) is 4.21. The van der Waals surface area contributed by atoms with Gasteiger partial charge in [0.15, 0.2) is 6.61 Å². The molecule has 0 saturated heterocycles. The smallest absolute Gasteiger partial charge is 0.266 e. The number of rotatable bonds is 5. The Morgan fingerprint density at radius 2 is 1.86 bits per heavy atom. The number of amides is 1. The number of carbonyl (C=O) groups is 1. The fourth-order valence-corrected chi connectivity index (χ4v) is 3.19. The summed E-state index contributed by atoms with van der Waals surface area (Å²) in [6.07, 6.45) is 0. The number of hydrogen-bond donors (Lipinski definition) is 2. The Kier molecular flexibility index (Phi) is 6.15. The Morgan fingerprint density at radius 3 is 2.55 bits per heavy atom. The molecule has 3 rings (SSSR count). The summed E-state index contributed by atoms with van der Waals surface area (Å²) in [4.78, 5) is 27.0. The molecule has 0 aliphatic heterocycles. The zero-order valence-corrected chi connectivity index (χ0v) is 17.5. The molecule has 0 atom stereocenters. The van der Waals surface area contributed by atoms with E-state index in [1.54, 1.807) is 31.2 Å². The van der Waals surface area contributed by atoms with Gasteiger partial charge in [-0.05, 0) is 50.2 Å². The number of aryl methyl sites for hydroxylation is 2. The number of benzene rings is 2. The zero-order valence-electron chi connectivity index (χ0n) is 15.9. The number of anilines is 1. The molecule has 3 aromatic rings. The monoisotopic (exact) mass is 451 g/mol. The summed E-state index contributed by atoms with van der Waals surface area (Å²) < 4.78 is 6.48. The lowest BCUT2D eigenvalue weighted by Gasteiger charge is -2.14. The van der Waals surface area contributed by atoms with Crippen LogP contribution >= 0.6 is 15.9 Å². The first-order valence-corrected chi connectivity index (χ1v) is 9.60. The maximum atomic E-state index is 12.3. The maximum absolute atomic E-state index is 12.3. The van der Waals surface area contributed by atoms with Crippen LogP contribution < -0.4 is 15.6 Å². The number of pyridine rings is 1. The highest BCUT2D eigenvalue weighted by atomic mass is 79.9. The summed E-state index contributed by atoms with van der Waals surface area (Å²) >= 11 is 3.40. The summed E-state index contributed by atoms with van der Waals surface area (Å²) in [6.45, 7) is 3.49. The van der Waals surface area contributed by atoms with Crippen molar-refractivity contribution in [3.63, 3.8) is 0 Å². The number of H-pyrrole nitrogens is 1. The fraction of sp³-hybridized carbons (Fsp3) is 0.136. The van der Waals surface area contributed by atoms with Crippen molar-refractivity contribution < 1.29 is 9.53 Å². The highest BCUT2D eigenvalue weighted by Gasteiger charge is 2.16. The Balaban J connectivity index is 1.87. The molecule has 0 aliphatic rings. The number of hydrogen-bond acceptors (Lipinski definition) is 4. The van der Waals surface area contributed by atoms with Gasteiger partial charge in [-0.2, -0.15) is 5.26 Å². The van der Waals surface area contributed by atoms with Crippen LogP contribution in [-0.2, 0) is 4.79 Å². The van der Waals surface area contributed by atoms with Crippen LogP contribution in [0.3, 0.4) is 0 Å². The van der Waals surface area contributed by atoms with Gasteiger partial charge < -0.3 is 15.0 Å². The van der Waals surface area contributed by atoms with Gasteiger partial charge in [-0.15, -0.1) is 0 Å². The fourth-order valence-electron chi connectivity index (χ4n) is 2.83. The van der Waals surface area contributed by atoms with E-state index in [1.165, 1.54) is 0 Å². The van der Waals surface area contributed by atoms with Crippen LogP contribution in [0.15, 0.2) is 57.8 Å². The van der Waals surface area contributed by atoms with Crippen LogP contribution in [0.2, 0.25) is 0 Å². The third-order valence-corrected chi connectivity index (χ3v) is 4.70. The quantitative estimate of drug-likeness (QED) is 0.603. The largest absolute Gasteiger partial charge is 0.483 e. The Hall–Kier alpha value is -3.37. The van der Waals surface area contributed by atoms with E-state index in [0.29, 0.717) is 28.3 Å². The standard InChI is InChI=1S/C22H18BrN3O3/c1-13-3-6-16(7-4-13)26-21(27)12-29-20-8-5-15(23)10-18(20)17-9-14(2)25-22(28)19(17)11-24/h3-10H,12H2,1-2H3,(H,25,28)(H,26,27). The number of aromatic nitrogens is 1. The van der Waals surface area contributed by atoms with E-state index < -0.39 is 5.56 Å². The van der Waals surface area contributed by atoms with Crippen molar-refractivity contribution in [2.75, 3.05) is 11.9 Å². The second-order valence-electron chi connectivity index (χ2n) is 6.53. The average Bonchev–Trinajstić information content (AvgIpc) is 2.68. The van der Waals surface area contributed by atoms with E-state index in [-0.39, 0.29) is 18.1 Å². The van der Waals surface area contributed by atoms with Crippen LogP contribution in [0.1, 0.15) is 16.8 Å². The molecule has 0 saturated carbocycles. The Morgan fingerprint density at radius 1 is 1.14 bits per heavy atom. The van der Waals surface area contributed by atoms with Crippen molar-refractivity contribution in [3.05, 3.63) is 80.2 Å². The highest BCUT2D eigenvalue weighted by molar-refractivity contribution is 9.10. The van der Waals surface area contributed by atoms with E-state index in [4.69, 9.17) is 4.74 Å². The zero-order chi connectivity index (χ0) is 21.0. The molecule has 2 N–H and O–H groups in total. The van der Waals surface area contributed by atoms with Crippen LogP contribution in [0.25, 0.3) is 11.1 Å². The van der Waals surface area contributed by atoms with E-state index in [9.17, 15) is 14.9 Å². The first-order valence-electron chi connectivity index (χ1n) is 8.80. The van der Waals surface area contributed by atoms with E-state index in [1.807, 2.05) is 37.3 Å². The lowest BCUT2D eigenvalue weighted by molar-refractivity contribution is -0.118. The number of nitrogens with one attached hydrogen (secondary N) is 2. The van der Waals surface area contributed by atoms with Crippen molar-refractivity contribution in [2.24, 2.45) is 0 Å². The van der Waals surface area contributed by atoms with Crippen LogP contribution in [0.5, 0.6) is 5.75 Å².